The average molecular weight is 265 g/mol. The molecule has 1 heterocycles. The van der Waals surface area contributed by atoms with Gasteiger partial charge < -0.3 is 15.4 Å². The lowest BCUT2D eigenvalue weighted by Gasteiger charge is -2.07. The minimum Gasteiger partial charge on any atom is -0.385 e. The molecular weight excluding hydrogens is 242 g/mol. The minimum atomic E-state index is -0.0479. The maximum Gasteiger partial charge on any atom is 0.251 e. The van der Waals surface area contributed by atoms with E-state index in [9.17, 15) is 4.79 Å². The first-order chi connectivity index (χ1) is 9.27. The molecule has 0 saturated carbocycles. The molecule has 0 unspecified atom stereocenters. The fourth-order valence-electron chi connectivity index (χ4n) is 1.70. The number of nitrogens with one attached hydrogen (secondary N) is 2. The van der Waals surface area contributed by atoms with Crippen molar-refractivity contribution in [2.45, 2.75) is 26.2 Å². The first kappa shape index (κ1) is 15.4. The second kappa shape index (κ2) is 9.33. The van der Waals surface area contributed by atoms with E-state index < -0.39 is 0 Å². The van der Waals surface area contributed by atoms with Crippen molar-refractivity contribution >= 4 is 11.7 Å². The van der Waals surface area contributed by atoms with Crippen molar-refractivity contribution in [1.82, 2.24) is 10.3 Å². The van der Waals surface area contributed by atoms with E-state index in [0.29, 0.717) is 12.1 Å². The Labute approximate surface area is 114 Å². The van der Waals surface area contributed by atoms with Crippen molar-refractivity contribution < 1.29 is 9.53 Å². The van der Waals surface area contributed by atoms with E-state index in [1.54, 1.807) is 25.4 Å². The van der Waals surface area contributed by atoms with Crippen molar-refractivity contribution in [3.05, 3.63) is 23.9 Å². The van der Waals surface area contributed by atoms with Gasteiger partial charge >= 0.3 is 0 Å². The van der Waals surface area contributed by atoms with E-state index in [-0.39, 0.29) is 5.91 Å². The molecule has 106 valence electrons. The lowest BCUT2D eigenvalue weighted by Crippen LogP contribution is -2.24. The number of unbranched alkanes of at least 4 members (excludes halogenated alkanes) is 2. The molecule has 0 fully saturated rings. The lowest BCUT2D eigenvalue weighted by atomic mass is 10.2. The minimum absolute atomic E-state index is 0.0479. The average Bonchev–Trinajstić information content (AvgIpc) is 2.43. The maximum absolute atomic E-state index is 11.9. The number of anilines is 1. The summed E-state index contributed by atoms with van der Waals surface area (Å²) < 4.78 is 4.97. The van der Waals surface area contributed by atoms with Gasteiger partial charge in [-0.1, -0.05) is 0 Å². The van der Waals surface area contributed by atoms with Gasteiger partial charge in [-0.3, -0.25) is 4.79 Å². The highest BCUT2D eigenvalue weighted by atomic mass is 16.5. The summed E-state index contributed by atoms with van der Waals surface area (Å²) in [5, 5.41) is 6.00. The zero-order chi connectivity index (χ0) is 13.9. The molecule has 1 aromatic heterocycles. The van der Waals surface area contributed by atoms with E-state index >= 15 is 0 Å². The summed E-state index contributed by atoms with van der Waals surface area (Å²) in [4.78, 5) is 16.0. The summed E-state index contributed by atoms with van der Waals surface area (Å²) in [6.07, 6.45) is 4.71. The van der Waals surface area contributed by atoms with E-state index in [0.717, 1.165) is 38.2 Å². The number of nitrogens with zero attached hydrogens (tertiary/aromatic N) is 1. The van der Waals surface area contributed by atoms with Crippen molar-refractivity contribution in [3.8, 4) is 0 Å². The molecule has 2 N–H and O–H groups in total. The van der Waals surface area contributed by atoms with Crippen molar-refractivity contribution in [2.24, 2.45) is 0 Å². The van der Waals surface area contributed by atoms with Crippen LogP contribution in [0.3, 0.4) is 0 Å². The third-order valence-corrected chi connectivity index (χ3v) is 2.69. The smallest absolute Gasteiger partial charge is 0.251 e. The lowest BCUT2D eigenvalue weighted by molar-refractivity contribution is 0.0952. The number of carbonyl (C=O) groups is 1. The number of ether oxygens (including phenoxy) is 1. The number of amides is 1. The van der Waals surface area contributed by atoms with Gasteiger partial charge in [-0.25, -0.2) is 4.98 Å². The van der Waals surface area contributed by atoms with Gasteiger partial charge in [0.2, 0.25) is 0 Å². The molecule has 0 saturated heterocycles. The number of aromatic nitrogens is 1. The molecule has 0 atom stereocenters. The Morgan fingerprint density at radius 3 is 2.95 bits per heavy atom. The number of hydrogen-bond acceptors (Lipinski definition) is 4. The Balaban J connectivity index is 2.30. The molecule has 0 aliphatic heterocycles. The SMILES string of the molecule is CCNc1cc(C(=O)NCCCCCOC)ccn1. The van der Waals surface area contributed by atoms with Crippen LogP contribution in [0, 0.1) is 0 Å². The topological polar surface area (TPSA) is 63.2 Å². The molecule has 0 aliphatic rings. The number of carbonyl (C=O) groups excluding carboxylic acids is 1. The van der Waals surface area contributed by atoms with Crippen LogP contribution in [0.2, 0.25) is 0 Å². The van der Waals surface area contributed by atoms with Gasteiger partial charge in [-0.05, 0) is 38.3 Å². The Morgan fingerprint density at radius 2 is 2.21 bits per heavy atom. The third kappa shape index (κ3) is 6.20. The quantitative estimate of drug-likeness (QED) is 0.671. The Hall–Kier alpha value is -1.62. The predicted octanol–water partition coefficient (Wildman–Crippen LogP) is 2.06. The first-order valence-electron chi connectivity index (χ1n) is 6.75. The van der Waals surface area contributed by atoms with Gasteiger partial charge in [0.25, 0.3) is 5.91 Å². The fourth-order valence-corrected chi connectivity index (χ4v) is 1.70. The molecular formula is C14H23N3O2. The van der Waals surface area contributed by atoms with Crippen LogP contribution in [0.4, 0.5) is 5.82 Å². The molecule has 5 heteroatoms. The van der Waals surface area contributed by atoms with Crippen LogP contribution >= 0.6 is 0 Å². The number of hydrogen-bond donors (Lipinski definition) is 2. The van der Waals surface area contributed by atoms with Crippen molar-refractivity contribution in [3.63, 3.8) is 0 Å². The third-order valence-electron chi connectivity index (χ3n) is 2.69. The molecule has 0 aromatic carbocycles. The van der Waals surface area contributed by atoms with E-state index in [2.05, 4.69) is 15.6 Å². The van der Waals surface area contributed by atoms with Gasteiger partial charge in [0.15, 0.2) is 0 Å². The van der Waals surface area contributed by atoms with E-state index in [4.69, 9.17) is 4.74 Å². The predicted molar refractivity (Wildman–Crippen MR) is 76.5 cm³/mol. The largest absolute Gasteiger partial charge is 0.385 e. The summed E-state index contributed by atoms with van der Waals surface area (Å²) in [6.45, 7) is 4.26. The van der Waals surface area contributed by atoms with Gasteiger partial charge in [0, 0.05) is 38.6 Å². The second-order valence-electron chi connectivity index (χ2n) is 4.27. The standard InChI is InChI=1S/C14H23N3O2/c1-3-15-13-11-12(7-9-16-13)14(18)17-8-5-4-6-10-19-2/h7,9,11H,3-6,8,10H2,1-2H3,(H,15,16)(H,17,18). The van der Waals surface area contributed by atoms with E-state index in [1.165, 1.54) is 0 Å². The molecule has 5 nitrogen and oxygen atoms in total. The van der Waals surface area contributed by atoms with Crippen LogP contribution < -0.4 is 10.6 Å². The van der Waals surface area contributed by atoms with Crippen LogP contribution in [-0.2, 0) is 4.74 Å². The molecule has 0 aliphatic carbocycles. The van der Waals surface area contributed by atoms with Gasteiger partial charge in [0.1, 0.15) is 5.82 Å². The van der Waals surface area contributed by atoms with Crippen LogP contribution in [0.5, 0.6) is 0 Å². The summed E-state index contributed by atoms with van der Waals surface area (Å²) >= 11 is 0. The molecule has 0 bridgehead atoms. The molecule has 1 aromatic rings. The van der Waals surface area contributed by atoms with Gasteiger partial charge in [-0.15, -0.1) is 0 Å². The van der Waals surface area contributed by atoms with Crippen molar-refractivity contribution in [2.75, 3.05) is 32.1 Å². The highest BCUT2D eigenvalue weighted by Gasteiger charge is 2.05. The second-order valence-corrected chi connectivity index (χ2v) is 4.27. The van der Waals surface area contributed by atoms with Gasteiger partial charge in [0.05, 0.1) is 0 Å². The van der Waals surface area contributed by atoms with E-state index in [1.807, 2.05) is 6.92 Å². The Kier molecular flexibility index (Phi) is 7.58. The van der Waals surface area contributed by atoms with Gasteiger partial charge in [-0.2, -0.15) is 0 Å². The Bertz CT molecular complexity index is 383. The van der Waals surface area contributed by atoms with Crippen LogP contribution in [0.15, 0.2) is 18.3 Å². The number of pyridine rings is 1. The van der Waals surface area contributed by atoms with Crippen LogP contribution in [0.25, 0.3) is 0 Å². The highest BCUT2D eigenvalue weighted by Crippen LogP contribution is 2.06. The monoisotopic (exact) mass is 265 g/mol. The number of rotatable bonds is 9. The highest BCUT2D eigenvalue weighted by molar-refractivity contribution is 5.94. The summed E-state index contributed by atoms with van der Waals surface area (Å²) in [6, 6.07) is 3.49. The zero-order valence-corrected chi connectivity index (χ0v) is 11.7. The number of methoxy groups -OCH3 is 1. The molecule has 1 amide bonds. The molecule has 0 radical (unpaired) electrons. The maximum atomic E-state index is 11.9. The van der Waals surface area contributed by atoms with Crippen LogP contribution in [0.1, 0.15) is 36.5 Å². The fraction of sp³-hybridized carbons (Fsp3) is 0.571. The normalized spacial score (nSPS) is 10.2. The van der Waals surface area contributed by atoms with Crippen LogP contribution in [-0.4, -0.2) is 37.7 Å². The Morgan fingerprint density at radius 1 is 1.37 bits per heavy atom. The molecule has 1 rings (SSSR count). The van der Waals surface area contributed by atoms with Crippen molar-refractivity contribution in [1.29, 1.82) is 0 Å². The summed E-state index contributed by atoms with van der Waals surface area (Å²) in [5.41, 5.74) is 0.642. The summed E-state index contributed by atoms with van der Waals surface area (Å²) in [7, 11) is 1.70. The summed E-state index contributed by atoms with van der Waals surface area (Å²) in [5.74, 6) is 0.684. The zero-order valence-electron chi connectivity index (χ0n) is 11.7. The first-order valence-corrected chi connectivity index (χ1v) is 6.75. The molecule has 19 heavy (non-hydrogen) atoms. The molecule has 0 spiro atoms.